The number of aryl methyl sites for hydroxylation is 2. The minimum Gasteiger partial charge on any atom is -0.372 e. The normalized spacial score (nSPS) is 12.1. The fraction of sp³-hybridized carbons (Fsp3) is 0.500. The van der Waals surface area contributed by atoms with Crippen molar-refractivity contribution in [1.82, 2.24) is 0 Å². The standard InChI is InChI=1S/C26H37NO/c1-7-10-11-22-13-14-23(20(5)16-21(6)28)17-26(22)25-18-24(15-12-19(25)4)27(8-2)9-3/h12-15,17-18,20H,7-11,16H2,1-6H3. The largest absolute Gasteiger partial charge is 0.372 e. The molecule has 2 aromatic rings. The van der Waals surface area contributed by atoms with Gasteiger partial charge in [0.1, 0.15) is 5.78 Å². The number of benzene rings is 2. The summed E-state index contributed by atoms with van der Waals surface area (Å²) in [4.78, 5) is 14.0. The Morgan fingerprint density at radius 3 is 2.32 bits per heavy atom. The summed E-state index contributed by atoms with van der Waals surface area (Å²) in [5.74, 6) is 0.506. The molecule has 0 saturated carbocycles. The van der Waals surface area contributed by atoms with Gasteiger partial charge in [-0.05, 0) is 86.4 Å². The Morgan fingerprint density at radius 1 is 1.00 bits per heavy atom. The number of nitrogens with zero attached hydrogens (tertiary/aromatic N) is 1. The van der Waals surface area contributed by atoms with Gasteiger partial charge in [0.25, 0.3) is 0 Å². The Bertz CT molecular complexity index is 789. The molecule has 0 aliphatic rings. The summed E-state index contributed by atoms with van der Waals surface area (Å²) in [6.45, 7) is 14.7. The Hall–Kier alpha value is -2.09. The molecule has 2 nitrogen and oxygen atoms in total. The molecule has 0 amide bonds. The first kappa shape index (κ1) is 22.2. The quantitative estimate of drug-likeness (QED) is 0.446. The molecule has 1 atom stereocenters. The molecule has 28 heavy (non-hydrogen) atoms. The average molecular weight is 380 g/mol. The van der Waals surface area contributed by atoms with Gasteiger partial charge in [0.05, 0.1) is 0 Å². The van der Waals surface area contributed by atoms with Gasteiger partial charge < -0.3 is 9.69 Å². The van der Waals surface area contributed by atoms with Gasteiger partial charge >= 0.3 is 0 Å². The smallest absolute Gasteiger partial charge is 0.130 e. The van der Waals surface area contributed by atoms with E-state index in [4.69, 9.17) is 0 Å². The van der Waals surface area contributed by atoms with E-state index in [1.807, 2.05) is 0 Å². The topological polar surface area (TPSA) is 20.3 Å². The van der Waals surface area contributed by atoms with Crippen molar-refractivity contribution < 1.29 is 4.79 Å². The lowest BCUT2D eigenvalue weighted by atomic mass is 9.87. The van der Waals surface area contributed by atoms with Crippen LogP contribution in [0.3, 0.4) is 0 Å². The molecule has 0 N–H and O–H groups in total. The highest BCUT2D eigenvalue weighted by molar-refractivity contribution is 5.77. The molecule has 152 valence electrons. The van der Waals surface area contributed by atoms with Gasteiger partial charge in [-0.1, -0.05) is 44.5 Å². The second-order valence-corrected chi connectivity index (χ2v) is 8.00. The minimum atomic E-state index is 0.253. The maximum absolute atomic E-state index is 11.6. The highest BCUT2D eigenvalue weighted by Crippen LogP contribution is 2.34. The van der Waals surface area contributed by atoms with Gasteiger partial charge in [-0.3, -0.25) is 0 Å². The summed E-state index contributed by atoms with van der Waals surface area (Å²) in [7, 11) is 0. The van der Waals surface area contributed by atoms with Crippen molar-refractivity contribution in [3.05, 3.63) is 53.1 Å². The number of anilines is 1. The summed E-state index contributed by atoms with van der Waals surface area (Å²) in [5.41, 5.74) is 7.94. The Balaban J connectivity index is 2.56. The van der Waals surface area contributed by atoms with E-state index < -0.39 is 0 Å². The summed E-state index contributed by atoms with van der Waals surface area (Å²) in [6.07, 6.45) is 4.10. The number of ketones is 1. The fourth-order valence-electron chi connectivity index (χ4n) is 3.97. The van der Waals surface area contributed by atoms with Crippen LogP contribution in [-0.2, 0) is 11.2 Å². The van der Waals surface area contributed by atoms with E-state index in [1.165, 1.54) is 46.3 Å². The number of Topliss-reactive ketones (excluding diaryl/α,β-unsaturated/α-hetero) is 1. The fourth-order valence-corrected chi connectivity index (χ4v) is 3.97. The van der Waals surface area contributed by atoms with Crippen LogP contribution in [0.4, 0.5) is 5.69 Å². The molecule has 0 aliphatic carbocycles. The van der Waals surface area contributed by atoms with Crippen molar-refractivity contribution >= 4 is 11.5 Å². The van der Waals surface area contributed by atoms with E-state index in [0.717, 1.165) is 19.5 Å². The lowest BCUT2D eigenvalue weighted by Gasteiger charge is -2.23. The van der Waals surface area contributed by atoms with Crippen molar-refractivity contribution in [3.63, 3.8) is 0 Å². The van der Waals surface area contributed by atoms with Crippen LogP contribution in [0, 0.1) is 6.92 Å². The van der Waals surface area contributed by atoms with Crippen LogP contribution < -0.4 is 4.90 Å². The third-order valence-electron chi connectivity index (χ3n) is 5.74. The van der Waals surface area contributed by atoms with Gasteiger partial charge in [0.2, 0.25) is 0 Å². The number of unbranched alkanes of at least 4 members (excludes halogenated alkanes) is 1. The second-order valence-electron chi connectivity index (χ2n) is 8.00. The summed E-state index contributed by atoms with van der Waals surface area (Å²) in [6, 6.07) is 13.7. The molecule has 2 aromatic carbocycles. The van der Waals surface area contributed by atoms with Crippen LogP contribution >= 0.6 is 0 Å². The van der Waals surface area contributed by atoms with E-state index in [-0.39, 0.29) is 11.7 Å². The lowest BCUT2D eigenvalue weighted by molar-refractivity contribution is -0.117. The zero-order chi connectivity index (χ0) is 20.7. The monoisotopic (exact) mass is 379 g/mol. The predicted molar refractivity (Wildman–Crippen MR) is 123 cm³/mol. The van der Waals surface area contributed by atoms with Crippen LogP contribution in [-0.4, -0.2) is 18.9 Å². The van der Waals surface area contributed by atoms with Gasteiger partial charge in [-0.25, -0.2) is 0 Å². The first-order valence-electron chi connectivity index (χ1n) is 10.9. The molecule has 0 spiro atoms. The maximum atomic E-state index is 11.6. The van der Waals surface area contributed by atoms with Crippen molar-refractivity contribution in [1.29, 1.82) is 0 Å². The Morgan fingerprint density at radius 2 is 1.71 bits per heavy atom. The van der Waals surface area contributed by atoms with Crippen molar-refractivity contribution in [2.24, 2.45) is 0 Å². The first-order chi connectivity index (χ1) is 13.4. The van der Waals surface area contributed by atoms with E-state index in [9.17, 15) is 4.79 Å². The Labute approximate surface area is 172 Å². The third kappa shape index (κ3) is 5.47. The van der Waals surface area contributed by atoms with E-state index >= 15 is 0 Å². The summed E-state index contributed by atoms with van der Waals surface area (Å²) < 4.78 is 0. The molecule has 0 aliphatic heterocycles. The zero-order valence-electron chi connectivity index (χ0n) is 18.6. The number of hydrogen-bond donors (Lipinski definition) is 0. The molecule has 0 fully saturated rings. The van der Waals surface area contributed by atoms with E-state index in [2.05, 4.69) is 75.9 Å². The highest BCUT2D eigenvalue weighted by Gasteiger charge is 2.15. The molecule has 1 unspecified atom stereocenters. The molecule has 0 saturated heterocycles. The molecule has 0 bridgehead atoms. The van der Waals surface area contributed by atoms with E-state index in [1.54, 1.807) is 6.92 Å². The van der Waals surface area contributed by atoms with Gasteiger partial charge in [0.15, 0.2) is 0 Å². The molecular formula is C26H37NO. The molecule has 2 heteroatoms. The number of rotatable bonds is 10. The molecule has 0 aromatic heterocycles. The molecular weight excluding hydrogens is 342 g/mol. The SMILES string of the molecule is CCCCc1ccc(C(C)CC(C)=O)cc1-c1cc(N(CC)CC)ccc1C. The molecule has 0 radical (unpaired) electrons. The maximum Gasteiger partial charge on any atom is 0.130 e. The predicted octanol–water partition coefficient (Wildman–Crippen LogP) is 6.93. The molecule has 2 rings (SSSR count). The van der Waals surface area contributed by atoms with E-state index in [0.29, 0.717) is 6.42 Å². The number of carbonyl (C=O) groups excluding carboxylic acids is 1. The first-order valence-corrected chi connectivity index (χ1v) is 10.9. The number of carbonyl (C=O) groups is 1. The van der Waals surface area contributed by atoms with Gasteiger partial charge in [0, 0.05) is 25.2 Å². The van der Waals surface area contributed by atoms with Crippen molar-refractivity contribution in [2.45, 2.75) is 73.1 Å². The van der Waals surface area contributed by atoms with Crippen LogP contribution in [0.15, 0.2) is 36.4 Å². The number of hydrogen-bond acceptors (Lipinski definition) is 2. The van der Waals surface area contributed by atoms with Crippen molar-refractivity contribution in [3.8, 4) is 11.1 Å². The van der Waals surface area contributed by atoms with Crippen LogP contribution in [0.1, 0.15) is 76.5 Å². The van der Waals surface area contributed by atoms with Gasteiger partial charge in [-0.2, -0.15) is 0 Å². The van der Waals surface area contributed by atoms with Crippen LogP contribution in [0.5, 0.6) is 0 Å². The third-order valence-corrected chi connectivity index (χ3v) is 5.74. The summed E-state index contributed by atoms with van der Waals surface area (Å²) >= 11 is 0. The zero-order valence-corrected chi connectivity index (χ0v) is 18.6. The lowest BCUT2D eigenvalue weighted by Crippen LogP contribution is -2.21. The van der Waals surface area contributed by atoms with Gasteiger partial charge in [-0.15, -0.1) is 0 Å². The minimum absolute atomic E-state index is 0.253. The average Bonchev–Trinajstić information content (AvgIpc) is 2.68. The highest BCUT2D eigenvalue weighted by atomic mass is 16.1. The Kier molecular flexibility index (Phi) is 8.29. The van der Waals surface area contributed by atoms with Crippen molar-refractivity contribution in [2.75, 3.05) is 18.0 Å². The molecule has 0 heterocycles. The summed E-state index contributed by atoms with van der Waals surface area (Å²) in [5, 5.41) is 0. The second kappa shape index (κ2) is 10.5. The van der Waals surface area contributed by atoms with Crippen LogP contribution in [0.2, 0.25) is 0 Å². The van der Waals surface area contributed by atoms with Crippen LogP contribution in [0.25, 0.3) is 11.1 Å².